The lowest BCUT2D eigenvalue weighted by Gasteiger charge is -2.09. The lowest BCUT2D eigenvalue weighted by molar-refractivity contribution is 0.569. The van der Waals surface area contributed by atoms with E-state index in [0.717, 1.165) is 24.6 Å². The van der Waals surface area contributed by atoms with E-state index in [4.69, 9.17) is 5.26 Å². The second-order valence-corrected chi connectivity index (χ2v) is 4.19. The van der Waals surface area contributed by atoms with Gasteiger partial charge in [0, 0.05) is 12.2 Å². The molecule has 15 heavy (non-hydrogen) atoms. The van der Waals surface area contributed by atoms with Gasteiger partial charge < -0.3 is 4.57 Å². The zero-order chi connectivity index (χ0) is 10.8. The third-order valence-corrected chi connectivity index (χ3v) is 2.97. The van der Waals surface area contributed by atoms with Crippen molar-refractivity contribution in [3.8, 4) is 6.07 Å². The predicted octanol–water partition coefficient (Wildman–Crippen LogP) is 1.83. The Labute approximate surface area is 89.0 Å². The molecule has 1 aromatic heterocycles. The first-order valence-corrected chi connectivity index (χ1v) is 5.33. The molecule has 1 saturated carbocycles. The maximum Gasteiger partial charge on any atom is 0.268 e. The molecule has 0 aromatic carbocycles. The monoisotopic (exact) mass is 202 g/mol. The maximum atomic E-state index is 11.8. The van der Waals surface area contributed by atoms with E-state index >= 15 is 0 Å². The number of hydrogen-bond donors (Lipinski definition) is 0. The number of aryl methyl sites for hydroxylation is 1. The minimum absolute atomic E-state index is 0.141. The Kier molecular flexibility index (Phi) is 2.59. The molecule has 0 unspecified atom stereocenters. The van der Waals surface area contributed by atoms with E-state index in [1.165, 1.54) is 12.8 Å². The summed E-state index contributed by atoms with van der Waals surface area (Å²) in [6, 6.07) is 5.38. The average Bonchev–Trinajstić information content (AvgIpc) is 3.02. The summed E-state index contributed by atoms with van der Waals surface area (Å²) < 4.78 is 1.72. The van der Waals surface area contributed by atoms with E-state index in [2.05, 4.69) is 0 Å². The van der Waals surface area contributed by atoms with E-state index < -0.39 is 0 Å². The zero-order valence-corrected chi connectivity index (χ0v) is 8.86. The number of aromatic nitrogens is 1. The van der Waals surface area contributed by atoms with Crippen LogP contribution in [0.3, 0.4) is 0 Å². The molecular formula is C12H14N2O. The molecule has 1 heterocycles. The number of pyridine rings is 1. The SMILES string of the molecule is Cc1ccc(C#N)c(=O)n1CCC1CC1. The first kappa shape index (κ1) is 9.97. The first-order valence-electron chi connectivity index (χ1n) is 5.33. The van der Waals surface area contributed by atoms with E-state index in [-0.39, 0.29) is 11.1 Å². The van der Waals surface area contributed by atoms with Crippen LogP contribution in [0.15, 0.2) is 16.9 Å². The number of hydrogen-bond acceptors (Lipinski definition) is 2. The highest BCUT2D eigenvalue weighted by atomic mass is 16.1. The normalized spacial score (nSPS) is 14.9. The summed E-state index contributed by atoms with van der Waals surface area (Å²) in [6.07, 6.45) is 3.66. The van der Waals surface area contributed by atoms with Crippen LogP contribution in [0.5, 0.6) is 0 Å². The van der Waals surface area contributed by atoms with Gasteiger partial charge in [-0.05, 0) is 31.4 Å². The third kappa shape index (κ3) is 2.10. The van der Waals surface area contributed by atoms with E-state index in [9.17, 15) is 4.79 Å². The number of rotatable bonds is 3. The van der Waals surface area contributed by atoms with Crippen molar-refractivity contribution < 1.29 is 0 Å². The third-order valence-electron chi connectivity index (χ3n) is 2.97. The van der Waals surface area contributed by atoms with E-state index in [1.807, 2.05) is 19.1 Å². The Morgan fingerprint density at radius 2 is 2.27 bits per heavy atom. The summed E-state index contributed by atoms with van der Waals surface area (Å²) in [6.45, 7) is 2.67. The van der Waals surface area contributed by atoms with E-state index in [0.29, 0.717) is 0 Å². The standard InChI is InChI=1S/C12H14N2O/c1-9-2-5-11(8-13)12(15)14(9)7-6-10-3-4-10/h2,5,10H,3-4,6-7H2,1H3. The highest BCUT2D eigenvalue weighted by Crippen LogP contribution is 2.32. The Balaban J connectivity index is 2.27. The molecule has 1 fully saturated rings. The molecule has 3 heteroatoms. The molecule has 3 nitrogen and oxygen atoms in total. The summed E-state index contributed by atoms with van der Waals surface area (Å²) in [5.41, 5.74) is 1.05. The van der Waals surface area contributed by atoms with Gasteiger partial charge >= 0.3 is 0 Å². The van der Waals surface area contributed by atoms with Gasteiger partial charge in [0.25, 0.3) is 5.56 Å². The fourth-order valence-corrected chi connectivity index (χ4v) is 1.75. The van der Waals surface area contributed by atoms with Crippen LogP contribution in [0, 0.1) is 24.2 Å². The van der Waals surface area contributed by atoms with E-state index in [1.54, 1.807) is 10.6 Å². The predicted molar refractivity (Wildman–Crippen MR) is 57.5 cm³/mol. The second-order valence-electron chi connectivity index (χ2n) is 4.19. The van der Waals surface area contributed by atoms with Crippen molar-refractivity contribution in [2.75, 3.05) is 0 Å². The van der Waals surface area contributed by atoms with Crippen LogP contribution >= 0.6 is 0 Å². The number of nitriles is 1. The summed E-state index contributed by atoms with van der Waals surface area (Å²) in [5, 5.41) is 8.76. The molecule has 1 aliphatic carbocycles. The van der Waals surface area contributed by atoms with Gasteiger partial charge in [-0.2, -0.15) is 5.26 Å². The van der Waals surface area contributed by atoms with Crippen molar-refractivity contribution in [3.63, 3.8) is 0 Å². The van der Waals surface area contributed by atoms with Gasteiger partial charge in [0.2, 0.25) is 0 Å². The molecule has 0 amide bonds. The summed E-state index contributed by atoms with van der Waals surface area (Å²) in [4.78, 5) is 11.8. The summed E-state index contributed by atoms with van der Waals surface area (Å²) in [7, 11) is 0. The maximum absolute atomic E-state index is 11.8. The average molecular weight is 202 g/mol. The van der Waals surface area contributed by atoms with Gasteiger partial charge in [0.1, 0.15) is 11.6 Å². The van der Waals surface area contributed by atoms with Crippen LogP contribution in [0.1, 0.15) is 30.5 Å². The molecule has 0 saturated heterocycles. The Morgan fingerprint density at radius 1 is 1.53 bits per heavy atom. The second kappa shape index (κ2) is 3.90. The van der Waals surface area contributed by atoms with Crippen molar-refractivity contribution in [2.45, 2.75) is 32.7 Å². The Bertz CT molecular complexity index is 463. The van der Waals surface area contributed by atoms with Gasteiger partial charge in [0.05, 0.1) is 0 Å². The number of nitrogens with zero attached hydrogens (tertiary/aromatic N) is 2. The smallest absolute Gasteiger partial charge is 0.268 e. The van der Waals surface area contributed by atoms with Crippen LogP contribution in [0.2, 0.25) is 0 Å². The van der Waals surface area contributed by atoms with Crippen LogP contribution < -0.4 is 5.56 Å². The Hall–Kier alpha value is -1.56. The van der Waals surface area contributed by atoms with Gasteiger partial charge in [-0.3, -0.25) is 4.79 Å². The molecule has 0 radical (unpaired) electrons. The first-order chi connectivity index (χ1) is 7.22. The van der Waals surface area contributed by atoms with Crippen molar-refractivity contribution in [3.05, 3.63) is 33.7 Å². The zero-order valence-electron chi connectivity index (χ0n) is 8.86. The molecule has 0 spiro atoms. The van der Waals surface area contributed by atoms with Gasteiger partial charge in [-0.25, -0.2) is 0 Å². The topological polar surface area (TPSA) is 45.8 Å². The quantitative estimate of drug-likeness (QED) is 0.750. The minimum atomic E-state index is -0.141. The lowest BCUT2D eigenvalue weighted by Crippen LogP contribution is -2.24. The molecule has 78 valence electrons. The highest BCUT2D eigenvalue weighted by molar-refractivity contribution is 5.27. The molecule has 0 bridgehead atoms. The van der Waals surface area contributed by atoms with Crippen LogP contribution in [-0.4, -0.2) is 4.57 Å². The van der Waals surface area contributed by atoms with Gasteiger partial charge in [-0.1, -0.05) is 12.8 Å². The van der Waals surface area contributed by atoms with Crippen LogP contribution in [0.25, 0.3) is 0 Å². The van der Waals surface area contributed by atoms with Crippen molar-refractivity contribution in [1.29, 1.82) is 5.26 Å². The fourth-order valence-electron chi connectivity index (χ4n) is 1.75. The van der Waals surface area contributed by atoms with Crippen LogP contribution in [0.4, 0.5) is 0 Å². The molecule has 0 N–H and O–H groups in total. The van der Waals surface area contributed by atoms with Crippen LogP contribution in [-0.2, 0) is 6.54 Å². The van der Waals surface area contributed by atoms with Gasteiger partial charge in [0.15, 0.2) is 0 Å². The molecule has 2 rings (SSSR count). The highest BCUT2D eigenvalue weighted by Gasteiger charge is 2.21. The molecular weight excluding hydrogens is 188 g/mol. The largest absolute Gasteiger partial charge is 0.312 e. The molecule has 1 aromatic rings. The van der Waals surface area contributed by atoms with Crippen molar-refractivity contribution in [2.24, 2.45) is 5.92 Å². The summed E-state index contributed by atoms with van der Waals surface area (Å²) in [5.74, 6) is 0.807. The lowest BCUT2D eigenvalue weighted by atomic mass is 10.2. The molecule has 0 aliphatic heterocycles. The van der Waals surface area contributed by atoms with Crippen molar-refractivity contribution >= 4 is 0 Å². The minimum Gasteiger partial charge on any atom is -0.312 e. The fraction of sp³-hybridized carbons (Fsp3) is 0.500. The van der Waals surface area contributed by atoms with Gasteiger partial charge in [-0.15, -0.1) is 0 Å². The molecule has 0 atom stereocenters. The Morgan fingerprint density at radius 3 is 2.87 bits per heavy atom. The van der Waals surface area contributed by atoms with Crippen molar-refractivity contribution in [1.82, 2.24) is 4.57 Å². The summed E-state index contributed by atoms with van der Waals surface area (Å²) >= 11 is 0. The molecule has 1 aliphatic rings.